The molecular formula is C10H9BrF3NO2. The summed E-state index contributed by atoms with van der Waals surface area (Å²) >= 11 is 2.94. The number of hydrogen-bond donors (Lipinski definition) is 0. The molecule has 0 bridgehead atoms. The number of pyridine rings is 1. The number of alkyl halides is 3. The van der Waals surface area contributed by atoms with Crippen LogP contribution in [0.25, 0.3) is 0 Å². The molecule has 0 aromatic carbocycles. The fraction of sp³-hybridized carbons (Fsp3) is 0.400. The van der Waals surface area contributed by atoms with Gasteiger partial charge < -0.3 is 4.74 Å². The van der Waals surface area contributed by atoms with Gasteiger partial charge in [0.1, 0.15) is 11.5 Å². The molecule has 1 aromatic heterocycles. The smallest absolute Gasteiger partial charge is 0.310 e. The molecule has 0 aliphatic heterocycles. The van der Waals surface area contributed by atoms with Crippen LogP contribution in [-0.2, 0) is 21.3 Å². The van der Waals surface area contributed by atoms with Crippen LogP contribution in [0.4, 0.5) is 13.2 Å². The van der Waals surface area contributed by atoms with Crippen LogP contribution in [0.3, 0.4) is 0 Å². The zero-order valence-electron chi connectivity index (χ0n) is 8.84. The van der Waals surface area contributed by atoms with Crippen molar-refractivity contribution < 1.29 is 22.7 Å². The van der Waals surface area contributed by atoms with E-state index in [1.54, 1.807) is 0 Å². The lowest BCUT2D eigenvalue weighted by Gasteiger charge is -2.09. The average molecular weight is 312 g/mol. The highest BCUT2D eigenvalue weighted by molar-refractivity contribution is 9.08. The summed E-state index contributed by atoms with van der Waals surface area (Å²) in [4.78, 5) is 14.5. The SMILES string of the molecule is COC(=O)Cc1cc(F)c(CBr)nc1C(F)F. The Labute approximate surface area is 104 Å². The van der Waals surface area contributed by atoms with E-state index in [2.05, 4.69) is 25.7 Å². The second-order valence-electron chi connectivity index (χ2n) is 3.15. The fourth-order valence-electron chi connectivity index (χ4n) is 1.23. The Hall–Kier alpha value is -1.11. The summed E-state index contributed by atoms with van der Waals surface area (Å²) in [6.45, 7) is 0. The van der Waals surface area contributed by atoms with Crippen molar-refractivity contribution in [2.75, 3.05) is 7.11 Å². The number of ether oxygens (including phenoxy) is 1. The molecule has 0 atom stereocenters. The largest absolute Gasteiger partial charge is 0.469 e. The summed E-state index contributed by atoms with van der Waals surface area (Å²) in [6, 6.07) is 0.891. The lowest BCUT2D eigenvalue weighted by Crippen LogP contribution is -2.10. The summed E-state index contributed by atoms with van der Waals surface area (Å²) in [5, 5.41) is 0.0249. The molecule has 0 N–H and O–H groups in total. The molecule has 0 radical (unpaired) electrons. The molecule has 0 saturated heterocycles. The lowest BCUT2D eigenvalue weighted by atomic mass is 10.1. The maximum absolute atomic E-state index is 13.4. The van der Waals surface area contributed by atoms with E-state index in [0.29, 0.717) is 0 Å². The molecule has 0 fully saturated rings. The Bertz CT molecular complexity index is 426. The Kier molecular flexibility index (Phi) is 4.92. The Morgan fingerprint density at radius 1 is 1.59 bits per heavy atom. The number of hydrogen-bond acceptors (Lipinski definition) is 3. The van der Waals surface area contributed by atoms with Crippen molar-refractivity contribution in [1.29, 1.82) is 0 Å². The minimum absolute atomic E-state index is 0.0249. The number of esters is 1. The summed E-state index contributed by atoms with van der Waals surface area (Å²) in [7, 11) is 1.13. The molecule has 3 nitrogen and oxygen atoms in total. The highest BCUT2D eigenvalue weighted by atomic mass is 79.9. The molecule has 0 unspecified atom stereocenters. The van der Waals surface area contributed by atoms with E-state index in [-0.39, 0.29) is 16.6 Å². The van der Waals surface area contributed by atoms with Gasteiger partial charge in [-0.1, -0.05) is 15.9 Å². The highest BCUT2D eigenvalue weighted by Gasteiger charge is 2.20. The number of methoxy groups -OCH3 is 1. The van der Waals surface area contributed by atoms with Crippen LogP contribution in [0.2, 0.25) is 0 Å². The molecule has 7 heteroatoms. The number of nitrogens with zero attached hydrogens (tertiary/aromatic N) is 1. The first-order valence-electron chi connectivity index (χ1n) is 4.58. The van der Waals surface area contributed by atoms with Crippen LogP contribution in [0, 0.1) is 5.82 Å². The molecule has 1 heterocycles. The molecule has 0 aliphatic rings. The van der Waals surface area contributed by atoms with Crippen LogP contribution in [0.1, 0.15) is 23.4 Å². The van der Waals surface area contributed by atoms with Crippen molar-refractivity contribution in [3.05, 3.63) is 28.8 Å². The van der Waals surface area contributed by atoms with Gasteiger partial charge in [-0.3, -0.25) is 4.79 Å². The van der Waals surface area contributed by atoms with E-state index in [4.69, 9.17) is 0 Å². The van der Waals surface area contributed by atoms with Crippen molar-refractivity contribution in [2.45, 2.75) is 18.2 Å². The van der Waals surface area contributed by atoms with Crippen LogP contribution in [0.5, 0.6) is 0 Å². The molecule has 0 aliphatic carbocycles. The number of aromatic nitrogens is 1. The zero-order valence-corrected chi connectivity index (χ0v) is 10.4. The predicted molar refractivity (Wildman–Crippen MR) is 57.5 cm³/mol. The molecule has 1 aromatic rings. The predicted octanol–water partition coefficient (Wildman–Crippen LogP) is 2.77. The van der Waals surface area contributed by atoms with Crippen molar-refractivity contribution in [3.8, 4) is 0 Å². The first-order chi connectivity index (χ1) is 7.99. The van der Waals surface area contributed by atoms with Crippen molar-refractivity contribution in [3.63, 3.8) is 0 Å². The quantitative estimate of drug-likeness (QED) is 0.634. The molecule has 0 amide bonds. The van der Waals surface area contributed by atoms with E-state index in [1.807, 2.05) is 0 Å². The molecule has 0 spiro atoms. The van der Waals surface area contributed by atoms with Crippen molar-refractivity contribution >= 4 is 21.9 Å². The summed E-state index contributed by atoms with van der Waals surface area (Å²) in [5.41, 5.74) is -0.866. The number of carbonyl (C=O) groups excluding carboxylic acids is 1. The van der Waals surface area contributed by atoms with E-state index in [1.165, 1.54) is 0 Å². The average Bonchev–Trinajstić information content (AvgIpc) is 2.28. The van der Waals surface area contributed by atoms with Gasteiger partial charge in [0.25, 0.3) is 6.43 Å². The van der Waals surface area contributed by atoms with Crippen LogP contribution < -0.4 is 0 Å². The molecular weight excluding hydrogens is 303 g/mol. The second kappa shape index (κ2) is 6.00. The maximum atomic E-state index is 13.4. The lowest BCUT2D eigenvalue weighted by molar-refractivity contribution is -0.139. The monoisotopic (exact) mass is 311 g/mol. The van der Waals surface area contributed by atoms with Gasteiger partial charge in [-0.05, 0) is 11.6 Å². The van der Waals surface area contributed by atoms with Crippen LogP contribution >= 0.6 is 15.9 Å². The second-order valence-corrected chi connectivity index (χ2v) is 3.71. The molecule has 17 heavy (non-hydrogen) atoms. The maximum Gasteiger partial charge on any atom is 0.310 e. The van der Waals surface area contributed by atoms with Gasteiger partial charge in [0.05, 0.1) is 19.2 Å². The standard InChI is InChI=1S/C10H9BrF3NO2/c1-17-8(16)3-5-2-6(12)7(4-11)15-9(5)10(13)14/h2,10H,3-4H2,1H3. The fourth-order valence-corrected chi connectivity index (χ4v) is 1.63. The van der Waals surface area contributed by atoms with Gasteiger partial charge in [-0.15, -0.1) is 0 Å². The van der Waals surface area contributed by atoms with Crippen molar-refractivity contribution in [1.82, 2.24) is 4.98 Å². The van der Waals surface area contributed by atoms with Crippen LogP contribution in [-0.4, -0.2) is 18.1 Å². The topological polar surface area (TPSA) is 39.2 Å². The number of rotatable bonds is 4. The van der Waals surface area contributed by atoms with Gasteiger partial charge in [-0.2, -0.15) is 0 Å². The summed E-state index contributed by atoms with van der Waals surface area (Å²) < 4.78 is 43.1. The first kappa shape index (κ1) is 14.0. The Morgan fingerprint density at radius 2 is 2.24 bits per heavy atom. The Balaban J connectivity index is 3.18. The third-order valence-electron chi connectivity index (χ3n) is 2.06. The highest BCUT2D eigenvalue weighted by Crippen LogP contribution is 2.24. The molecule has 0 saturated carbocycles. The van der Waals surface area contributed by atoms with Gasteiger partial charge >= 0.3 is 5.97 Å². The van der Waals surface area contributed by atoms with Crippen LogP contribution in [0.15, 0.2) is 6.07 Å². The number of carbonyl (C=O) groups is 1. The normalized spacial score (nSPS) is 10.7. The van der Waals surface area contributed by atoms with E-state index < -0.39 is 30.3 Å². The van der Waals surface area contributed by atoms with Gasteiger partial charge in [0.15, 0.2) is 0 Å². The Morgan fingerprint density at radius 3 is 2.71 bits per heavy atom. The van der Waals surface area contributed by atoms with Gasteiger partial charge in [0.2, 0.25) is 0 Å². The van der Waals surface area contributed by atoms with E-state index >= 15 is 0 Å². The third-order valence-corrected chi connectivity index (χ3v) is 2.59. The number of halogens is 4. The van der Waals surface area contributed by atoms with Gasteiger partial charge in [0, 0.05) is 5.33 Å². The molecule has 1 rings (SSSR count). The minimum Gasteiger partial charge on any atom is -0.469 e. The first-order valence-corrected chi connectivity index (χ1v) is 5.70. The van der Waals surface area contributed by atoms with E-state index in [9.17, 15) is 18.0 Å². The van der Waals surface area contributed by atoms with Gasteiger partial charge in [-0.25, -0.2) is 18.2 Å². The van der Waals surface area contributed by atoms with E-state index in [0.717, 1.165) is 13.2 Å². The minimum atomic E-state index is -2.87. The molecule has 94 valence electrons. The third kappa shape index (κ3) is 3.42. The summed E-state index contributed by atoms with van der Waals surface area (Å²) in [5.74, 6) is -1.45. The van der Waals surface area contributed by atoms with Crippen molar-refractivity contribution in [2.24, 2.45) is 0 Å². The summed E-state index contributed by atoms with van der Waals surface area (Å²) in [6.07, 6.45) is -3.30. The zero-order chi connectivity index (χ0) is 13.0.